The molecule has 0 N–H and O–H groups in total. The van der Waals surface area contributed by atoms with Gasteiger partial charge in [0, 0.05) is 97.1 Å². The van der Waals surface area contributed by atoms with Crippen molar-refractivity contribution in [2.45, 2.75) is 0 Å². The van der Waals surface area contributed by atoms with Gasteiger partial charge in [-0.1, -0.05) is 334 Å². The number of furan rings is 3. The van der Waals surface area contributed by atoms with Gasteiger partial charge in [0.1, 0.15) is 33.5 Å². The van der Waals surface area contributed by atoms with Crippen LogP contribution in [-0.2, 0) is 0 Å². The molecule has 0 aliphatic rings. The Labute approximate surface area is 778 Å². The van der Waals surface area contributed by atoms with Crippen molar-refractivity contribution in [1.82, 2.24) is 0 Å². The number of anilines is 6. The van der Waals surface area contributed by atoms with E-state index in [0.717, 1.165) is 194 Å². The third-order valence-electron chi connectivity index (χ3n) is 27.1. The zero-order valence-electron chi connectivity index (χ0n) is 72.7. The van der Waals surface area contributed by atoms with E-state index in [1.165, 1.54) is 70.2 Å². The van der Waals surface area contributed by atoms with Gasteiger partial charge in [-0.05, 0) is 274 Å². The number of rotatable bonds is 17. The van der Waals surface area contributed by atoms with Crippen molar-refractivity contribution in [2.75, 3.05) is 9.80 Å². The molecule has 0 aliphatic heterocycles. The first-order valence-electron chi connectivity index (χ1n) is 45.7. The highest BCUT2D eigenvalue weighted by Gasteiger charge is 2.27. The van der Waals surface area contributed by atoms with Crippen LogP contribution in [0.25, 0.3) is 230 Å². The monoisotopic (exact) mass is 1720 g/mol. The molecular weight excluding hydrogens is 1650 g/mol. The summed E-state index contributed by atoms with van der Waals surface area (Å²) in [5.74, 6) is 0. The number of benzene rings is 22. The minimum atomic E-state index is 0.827. The highest BCUT2D eigenvalue weighted by atomic mass is 32.1. The van der Waals surface area contributed by atoms with Gasteiger partial charge in [-0.3, -0.25) is 0 Å². The van der Waals surface area contributed by atoms with E-state index < -0.39 is 0 Å². The van der Waals surface area contributed by atoms with Gasteiger partial charge in [0.15, 0.2) is 0 Å². The third-order valence-corrected chi connectivity index (χ3v) is 28.3. The molecule has 5 nitrogen and oxygen atoms in total. The maximum Gasteiger partial charge on any atom is 0.143 e. The number of hydrogen-bond acceptors (Lipinski definition) is 6. The minimum Gasteiger partial charge on any atom is -0.456 e. The fourth-order valence-electron chi connectivity index (χ4n) is 20.6. The summed E-state index contributed by atoms with van der Waals surface area (Å²) < 4.78 is 23.3. The Kier molecular flexibility index (Phi) is 18.8. The Balaban J connectivity index is 0.523. The van der Waals surface area contributed by atoms with Gasteiger partial charge in [-0.15, -0.1) is 11.3 Å². The smallest absolute Gasteiger partial charge is 0.143 e. The van der Waals surface area contributed by atoms with Gasteiger partial charge in [0.25, 0.3) is 0 Å². The van der Waals surface area contributed by atoms with Crippen LogP contribution in [0.4, 0.5) is 34.1 Å². The van der Waals surface area contributed by atoms with Gasteiger partial charge in [0.05, 0.1) is 11.4 Å². The molecule has 0 spiro atoms. The van der Waals surface area contributed by atoms with E-state index in [4.69, 9.17) is 13.3 Å². The molecule has 22 aromatic carbocycles. The van der Waals surface area contributed by atoms with Gasteiger partial charge in [0.2, 0.25) is 0 Å². The normalized spacial score (nSPS) is 11.7. The third kappa shape index (κ3) is 13.5. The second-order valence-corrected chi connectivity index (χ2v) is 35.9. The Morgan fingerprint density at radius 2 is 0.515 bits per heavy atom. The van der Waals surface area contributed by atoms with E-state index in [9.17, 15) is 0 Å². The molecule has 0 bridgehead atoms. The van der Waals surface area contributed by atoms with Gasteiger partial charge >= 0.3 is 0 Å². The average molecular weight is 1730 g/mol. The number of fused-ring (bicyclic) bond motifs is 16. The van der Waals surface area contributed by atoms with Crippen LogP contribution in [0.5, 0.6) is 0 Å². The summed E-state index contributed by atoms with van der Waals surface area (Å²) in [5.41, 5.74) is 36.4. The number of thiophene rings is 1. The van der Waals surface area contributed by atoms with E-state index in [1.54, 1.807) is 0 Å². The van der Waals surface area contributed by atoms with Crippen molar-refractivity contribution >= 4 is 153 Å². The Hall–Kier alpha value is -17.4. The fourth-order valence-corrected chi connectivity index (χ4v) is 21.7. The maximum atomic E-state index is 7.11. The van der Waals surface area contributed by atoms with Crippen molar-refractivity contribution in [1.29, 1.82) is 0 Å². The number of para-hydroxylation sites is 2. The highest BCUT2D eigenvalue weighted by molar-refractivity contribution is 7.25. The first kappa shape index (κ1) is 77.7. The Bertz CT molecular complexity index is 9090. The van der Waals surface area contributed by atoms with E-state index in [2.05, 4.69) is 495 Å². The van der Waals surface area contributed by atoms with E-state index in [-0.39, 0.29) is 0 Å². The molecule has 26 aromatic rings. The van der Waals surface area contributed by atoms with E-state index in [0.29, 0.717) is 0 Å². The maximum absolute atomic E-state index is 7.11. The van der Waals surface area contributed by atoms with E-state index >= 15 is 0 Å². The first-order valence-corrected chi connectivity index (χ1v) is 46.5. The molecule has 134 heavy (non-hydrogen) atoms. The largest absolute Gasteiger partial charge is 0.456 e. The summed E-state index contributed by atoms with van der Waals surface area (Å²) in [6, 6.07) is 177. The molecule has 26 rings (SSSR count). The average Bonchev–Trinajstić information content (AvgIpc) is 1.58. The quantitative estimate of drug-likeness (QED) is 0.0909. The van der Waals surface area contributed by atoms with Crippen molar-refractivity contribution in [2.24, 2.45) is 0 Å². The fraction of sp³-hybridized carbons (Fsp3) is 0. The zero-order chi connectivity index (χ0) is 88.3. The molecule has 0 unspecified atom stereocenters. The molecule has 0 radical (unpaired) electrons. The summed E-state index contributed by atoms with van der Waals surface area (Å²) in [5, 5.41) is 13.4. The summed E-state index contributed by atoms with van der Waals surface area (Å²) >= 11 is 1.85. The van der Waals surface area contributed by atoms with Crippen LogP contribution in [0.15, 0.2) is 499 Å². The molecule has 0 fully saturated rings. The van der Waals surface area contributed by atoms with Crippen molar-refractivity contribution in [3.05, 3.63) is 485 Å². The lowest BCUT2D eigenvalue weighted by atomic mass is 9.91. The molecule has 0 atom stereocenters. The molecule has 0 saturated heterocycles. The first-order chi connectivity index (χ1) is 66.4. The molecule has 4 heterocycles. The minimum absolute atomic E-state index is 0.827. The van der Waals surface area contributed by atoms with Crippen LogP contribution in [0, 0.1) is 0 Å². The van der Waals surface area contributed by atoms with E-state index in [1.807, 2.05) is 11.3 Å². The topological polar surface area (TPSA) is 45.9 Å². The molecule has 0 amide bonds. The Morgan fingerprint density at radius 3 is 1.03 bits per heavy atom. The molecule has 0 aliphatic carbocycles. The molecule has 6 heteroatoms. The van der Waals surface area contributed by atoms with Crippen LogP contribution >= 0.6 is 11.3 Å². The van der Waals surface area contributed by atoms with Crippen molar-refractivity contribution < 1.29 is 13.3 Å². The second-order valence-electron chi connectivity index (χ2n) is 34.8. The molecule has 626 valence electrons. The Morgan fingerprint density at radius 1 is 0.157 bits per heavy atom. The number of nitrogens with zero attached hydrogens (tertiary/aromatic N) is 2. The highest BCUT2D eigenvalue weighted by Crippen LogP contribution is 2.52. The van der Waals surface area contributed by atoms with Crippen LogP contribution in [0.1, 0.15) is 0 Å². The molecule has 4 aromatic heterocycles. The lowest BCUT2D eigenvalue weighted by molar-refractivity contribution is 0.669. The van der Waals surface area contributed by atoms with Crippen LogP contribution in [0.2, 0.25) is 0 Å². The van der Waals surface area contributed by atoms with Gasteiger partial charge in [-0.25, -0.2) is 0 Å². The predicted molar refractivity (Wildman–Crippen MR) is 565 cm³/mol. The summed E-state index contributed by atoms with van der Waals surface area (Å²) in [6.45, 7) is 0. The second kappa shape index (κ2) is 32.3. The van der Waals surface area contributed by atoms with Crippen molar-refractivity contribution in [3.63, 3.8) is 0 Å². The standard InChI is InChI=1S/C128H80N2O3S/c1-5-23-85(24-6-1)101-67-52-91(76-113(101)87-27-9-3-10-28-87)81-43-59-97(60-44-81)129(117-38-18-15-33-105(117)109-36-21-40-120-125(109)111-71-51-89-31-13-14-32-103(89)127(111)132-120)99-63-47-83(48-64-99)93-57-73-119-115(78-93)107-70-55-95(80-122(107)131-119)90-54-69-104-96(75-90)56-72-112-126-110(37-22-41-121(126)133-128(104)112)106-34-16-19-39-118(106)130(100-65-49-84(50-66-100)94-58-74-124-116(79-94)108-35-17-20-42-123(108)134-124)98-61-45-82(46-62-98)92-53-68-102(86-25-7-2-8-26-86)114(77-92)88-29-11-4-12-30-88/h1-80H. The lowest BCUT2D eigenvalue weighted by Crippen LogP contribution is -2.11. The lowest BCUT2D eigenvalue weighted by Gasteiger charge is -2.28. The molecule has 0 saturated carbocycles. The summed E-state index contributed by atoms with van der Waals surface area (Å²) in [6.07, 6.45) is 0. The summed E-state index contributed by atoms with van der Waals surface area (Å²) in [4.78, 5) is 4.82. The van der Waals surface area contributed by atoms with Crippen LogP contribution in [-0.4, -0.2) is 0 Å². The van der Waals surface area contributed by atoms with Gasteiger partial charge in [-0.2, -0.15) is 0 Å². The summed E-state index contributed by atoms with van der Waals surface area (Å²) in [7, 11) is 0. The predicted octanol–water partition coefficient (Wildman–Crippen LogP) is 37.3. The van der Waals surface area contributed by atoms with Crippen molar-refractivity contribution in [3.8, 4) is 122 Å². The SMILES string of the molecule is c1ccc(-c2ccc(-c3ccc(N(c4ccc(-c5ccc6oc7cc(-c8ccc9c(ccc%10c9oc9cccc(-c%11ccccc%11N(c%11ccc(-c%12ccc(-c%13ccccc%13)c(-c%13ccccc%13)c%12)cc%11)c%11ccc(-c%12ccc%13sc%14ccccc%14c%13c%12)cc%11)c9%10)c8)ccc7c6c5)cc4)c4ccccc4-c4cccc5oc6c7ccccc7ccc6c45)cc3)cc2-c2ccccc2)cc1. The van der Waals surface area contributed by atoms with Crippen LogP contribution in [0.3, 0.4) is 0 Å². The van der Waals surface area contributed by atoms with Crippen LogP contribution < -0.4 is 9.80 Å². The molecular formula is C128H80N2O3S. The number of hydrogen-bond donors (Lipinski definition) is 0. The van der Waals surface area contributed by atoms with Gasteiger partial charge < -0.3 is 23.1 Å². The zero-order valence-corrected chi connectivity index (χ0v) is 73.5.